The van der Waals surface area contributed by atoms with Crippen LogP contribution in [0.4, 0.5) is 21.9 Å². The summed E-state index contributed by atoms with van der Waals surface area (Å²) >= 11 is 0. The van der Waals surface area contributed by atoms with Crippen LogP contribution in [0, 0.1) is 11.3 Å². The third-order valence-corrected chi connectivity index (χ3v) is 8.12. The number of aromatic nitrogens is 1. The smallest absolute Gasteiger partial charge is 0.414 e. The van der Waals surface area contributed by atoms with Crippen LogP contribution in [-0.4, -0.2) is 42.8 Å². The predicted octanol–water partition coefficient (Wildman–Crippen LogP) is 7.86. The lowest BCUT2D eigenvalue weighted by Gasteiger charge is -2.26. The van der Waals surface area contributed by atoms with Gasteiger partial charge in [-0.15, -0.1) is 0 Å². The van der Waals surface area contributed by atoms with Gasteiger partial charge in [0.15, 0.2) is 22.8 Å². The molecular weight excluding hydrogens is 634 g/mol. The number of nitrogens with zero attached hydrogens (tertiary/aromatic N) is 3. The van der Waals surface area contributed by atoms with Crippen LogP contribution in [0.1, 0.15) is 37.8 Å². The minimum absolute atomic E-state index is 0.104. The average Bonchev–Trinajstić information content (AvgIpc) is 3.96. The van der Waals surface area contributed by atoms with Gasteiger partial charge in [0.1, 0.15) is 18.4 Å². The van der Waals surface area contributed by atoms with E-state index in [1.165, 1.54) is 18.2 Å². The van der Waals surface area contributed by atoms with Crippen LogP contribution in [0.25, 0.3) is 10.9 Å². The lowest BCUT2D eigenvalue weighted by molar-refractivity contribution is -0.134. The van der Waals surface area contributed by atoms with Gasteiger partial charge in [-0.25, -0.2) is 4.79 Å². The van der Waals surface area contributed by atoms with E-state index in [-0.39, 0.29) is 18.6 Å². The van der Waals surface area contributed by atoms with Crippen molar-refractivity contribution in [1.82, 2.24) is 10.3 Å². The maximum Gasteiger partial charge on any atom is 0.414 e. The number of methoxy groups -OCH3 is 1. The van der Waals surface area contributed by atoms with Gasteiger partial charge < -0.3 is 29.6 Å². The molecule has 4 aromatic carbocycles. The predicted molar refractivity (Wildman–Crippen MR) is 190 cm³/mol. The van der Waals surface area contributed by atoms with Crippen molar-refractivity contribution in [2.75, 3.05) is 24.4 Å². The highest BCUT2D eigenvalue weighted by atomic mass is 16.6. The standard InChI is InChI=1S/C39H37N5O6/c1-39(2,37(45)43-28-14-15-28)50-34-13-9-8-12-33(34)49-29-18-16-27(17-19-29)42-35-30-20-26(22-40)23-41-31(30)21-32(36(35)47-4)44(3)38(46)48-24-25-10-6-5-7-11-25/h5-13,16-21,23,28,42H,14-15,24H2,1-4H3,(H,43,45). The largest absolute Gasteiger partial charge is 0.492 e. The van der Waals surface area contributed by atoms with Gasteiger partial charge in [-0.3, -0.25) is 14.7 Å². The van der Waals surface area contributed by atoms with Crippen molar-refractivity contribution in [3.8, 4) is 29.1 Å². The first-order valence-corrected chi connectivity index (χ1v) is 16.1. The van der Waals surface area contributed by atoms with E-state index in [4.69, 9.17) is 18.9 Å². The van der Waals surface area contributed by atoms with E-state index < -0.39 is 11.7 Å². The van der Waals surface area contributed by atoms with Crippen molar-refractivity contribution in [2.45, 2.75) is 44.9 Å². The minimum atomic E-state index is -1.10. The molecule has 6 rings (SSSR count). The number of ether oxygens (including phenoxy) is 4. The zero-order valence-electron chi connectivity index (χ0n) is 28.2. The van der Waals surface area contributed by atoms with E-state index in [9.17, 15) is 14.9 Å². The quantitative estimate of drug-likeness (QED) is 0.136. The fraction of sp³-hybridized carbons (Fsp3) is 0.231. The molecule has 1 fully saturated rings. The van der Waals surface area contributed by atoms with Gasteiger partial charge in [0.05, 0.1) is 29.6 Å². The van der Waals surface area contributed by atoms with Crippen molar-refractivity contribution in [3.63, 3.8) is 0 Å². The van der Waals surface area contributed by atoms with Gasteiger partial charge in [0.25, 0.3) is 5.91 Å². The van der Waals surface area contributed by atoms with Crippen molar-refractivity contribution in [1.29, 1.82) is 5.26 Å². The molecule has 1 heterocycles. The summed E-state index contributed by atoms with van der Waals surface area (Å²) in [6.07, 6.45) is 2.87. The molecule has 0 atom stereocenters. The second-order valence-electron chi connectivity index (χ2n) is 12.4. The maximum absolute atomic E-state index is 13.2. The first-order valence-electron chi connectivity index (χ1n) is 16.1. The number of benzene rings is 4. The molecule has 1 aliphatic rings. The number of rotatable bonds is 12. The number of hydrogen-bond donors (Lipinski definition) is 2. The monoisotopic (exact) mass is 671 g/mol. The minimum Gasteiger partial charge on any atom is -0.492 e. The van der Waals surface area contributed by atoms with Crippen molar-refractivity contribution >= 4 is 40.0 Å². The number of para-hydroxylation sites is 2. The third kappa shape index (κ3) is 7.71. The summed E-state index contributed by atoms with van der Waals surface area (Å²) in [5.74, 6) is 1.61. The van der Waals surface area contributed by atoms with Crippen molar-refractivity contribution in [3.05, 3.63) is 108 Å². The first kappa shape index (κ1) is 33.6. The number of hydrogen-bond acceptors (Lipinski definition) is 9. The van der Waals surface area contributed by atoms with Crippen LogP contribution in [0.2, 0.25) is 0 Å². The maximum atomic E-state index is 13.2. The number of carbonyl (C=O) groups is 2. The Hall–Kier alpha value is -6.28. The molecule has 2 amide bonds. The topological polar surface area (TPSA) is 135 Å². The summed E-state index contributed by atoms with van der Waals surface area (Å²) in [4.78, 5) is 31.8. The van der Waals surface area contributed by atoms with Crippen LogP contribution in [0.15, 0.2) is 97.2 Å². The zero-order chi connectivity index (χ0) is 35.3. The summed E-state index contributed by atoms with van der Waals surface area (Å²) in [5.41, 5.74) is 2.26. The molecule has 254 valence electrons. The highest BCUT2D eigenvalue weighted by Crippen LogP contribution is 2.43. The number of anilines is 3. The Balaban J connectivity index is 1.24. The van der Waals surface area contributed by atoms with Crippen LogP contribution in [0.5, 0.6) is 23.0 Å². The Morgan fingerprint density at radius 3 is 2.36 bits per heavy atom. The average molecular weight is 672 g/mol. The van der Waals surface area contributed by atoms with Crippen LogP contribution >= 0.6 is 0 Å². The molecule has 0 radical (unpaired) electrons. The highest BCUT2D eigenvalue weighted by molar-refractivity contribution is 6.04. The summed E-state index contributed by atoms with van der Waals surface area (Å²) in [7, 11) is 3.10. The summed E-state index contributed by atoms with van der Waals surface area (Å²) in [5, 5.41) is 16.6. The number of carbonyl (C=O) groups excluding carboxylic acids is 2. The van der Waals surface area contributed by atoms with Gasteiger partial charge >= 0.3 is 6.09 Å². The van der Waals surface area contributed by atoms with Crippen molar-refractivity contribution < 1.29 is 28.5 Å². The molecule has 50 heavy (non-hydrogen) atoms. The fourth-order valence-corrected chi connectivity index (χ4v) is 5.20. The van der Waals surface area contributed by atoms with Crippen LogP contribution in [0.3, 0.4) is 0 Å². The van der Waals surface area contributed by atoms with Gasteiger partial charge in [0.2, 0.25) is 0 Å². The highest BCUT2D eigenvalue weighted by Gasteiger charge is 2.35. The number of amides is 2. The second kappa shape index (κ2) is 14.5. The second-order valence-corrected chi connectivity index (χ2v) is 12.4. The molecule has 0 aliphatic heterocycles. The summed E-state index contributed by atoms with van der Waals surface area (Å²) < 4.78 is 23.8. The molecule has 0 unspecified atom stereocenters. The number of nitriles is 1. The molecule has 11 nitrogen and oxygen atoms in total. The van der Waals surface area contributed by atoms with Gasteiger partial charge in [-0.05, 0) is 80.8 Å². The van der Waals surface area contributed by atoms with Crippen molar-refractivity contribution in [2.24, 2.45) is 0 Å². The van der Waals surface area contributed by atoms with E-state index in [0.29, 0.717) is 56.5 Å². The number of nitrogens with one attached hydrogen (secondary N) is 2. The molecule has 2 N–H and O–H groups in total. The molecular formula is C39H37N5O6. The summed E-state index contributed by atoms with van der Waals surface area (Å²) in [6, 6.07) is 29.6. The van der Waals surface area contributed by atoms with Gasteiger partial charge in [-0.1, -0.05) is 42.5 Å². The van der Waals surface area contributed by atoms with Crippen LogP contribution in [-0.2, 0) is 16.1 Å². The Bertz CT molecular complexity index is 2060. The SMILES string of the molecule is COc1c(N(C)C(=O)OCc2ccccc2)cc2ncc(C#N)cc2c1Nc1ccc(Oc2ccccc2OC(C)(C)C(=O)NC2CC2)cc1. The van der Waals surface area contributed by atoms with E-state index in [2.05, 4.69) is 21.7 Å². The van der Waals surface area contributed by atoms with Gasteiger partial charge in [0, 0.05) is 30.4 Å². The Labute approximate surface area is 290 Å². The molecule has 1 aromatic heterocycles. The fourth-order valence-electron chi connectivity index (χ4n) is 5.20. The number of fused-ring (bicyclic) bond motifs is 1. The number of pyridine rings is 1. The van der Waals surface area contributed by atoms with E-state index in [0.717, 1.165) is 18.4 Å². The Morgan fingerprint density at radius 1 is 0.980 bits per heavy atom. The van der Waals surface area contributed by atoms with E-state index >= 15 is 0 Å². The van der Waals surface area contributed by atoms with E-state index in [1.807, 2.05) is 54.6 Å². The van der Waals surface area contributed by atoms with Gasteiger partial charge in [-0.2, -0.15) is 5.26 Å². The molecule has 1 aliphatic carbocycles. The lowest BCUT2D eigenvalue weighted by atomic mass is 10.1. The summed E-state index contributed by atoms with van der Waals surface area (Å²) in [6.45, 7) is 3.57. The van der Waals surface area contributed by atoms with E-state index in [1.54, 1.807) is 57.3 Å². The molecule has 0 bridgehead atoms. The molecule has 11 heteroatoms. The Kier molecular flexibility index (Phi) is 9.72. The Morgan fingerprint density at radius 2 is 1.68 bits per heavy atom. The molecule has 0 spiro atoms. The van der Waals surface area contributed by atoms with Crippen LogP contribution < -0.4 is 29.7 Å². The normalized spacial score (nSPS) is 12.4. The zero-order valence-corrected chi connectivity index (χ0v) is 28.2. The lowest BCUT2D eigenvalue weighted by Crippen LogP contribution is -2.47. The molecule has 1 saturated carbocycles. The third-order valence-electron chi connectivity index (χ3n) is 8.12. The molecule has 5 aromatic rings. The first-order chi connectivity index (χ1) is 24.1. The molecule has 0 saturated heterocycles.